The van der Waals surface area contributed by atoms with E-state index >= 15 is 0 Å². The Morgan fingerprint density at radius 3 is 1.71 bits per heavy atom. The van der Waals surface area contributed by atoms with Crippen LogP contribution in [0.5, 0.6) is 0 Å². The van der Waals surface area contributed by atoms with Crippen LogP contribution in [0.2, 0.25) is 0 Å². The summed E-state index contributed by atoms with van der Waals surface area (Å²) in [5.74, 6) is -0.349. The minimum Gasteiger partial charge on any atom is -0.376 e. The molecular formula is C26H34O2. The average molecular weight is 379 g/mol. The van der Waals surface area contributed by atoms with Gasteiger partial charge in [0, 0.05) is 11.5 Å². The van der Waals surface area contributed by atoms with Crippen molar-refractivity contribution < 1.29 is 9.90 Å². The molecule has 0 radical (unpaired) electrons. The molecule has 0 unspecified atom stereocenters. The normalized spacial score (nSPS) is 21.2. The lowest BCUT2D eigenvalue weighted by Crippen LogP contribution is -2.37. The van der Waals surface area contributed by atoms with Crippen LogP contribution >= 0.6 is 0 Å². The minimum atomic E-state index is -1.47. The largest absolute Gasteiger partial charge is 0.376 e. The molecule has 3 rings (SSSR count). The zero-order valence-corrected chi connectivity index (χ0v) is 18.3. The van der Waals surface area contributed by atoms with Gasteiger partial charge < -0.3 is 5.11 Å². The Hall–Kier alpha value is -1.93. The third-order valence-corrected chi connectivity index (χ3v) is 6.68. The summed E-state index contributed by atoms with van der Waals surface area (Å²) in [6.07, 6.45) is 4.33. The van der Waals surface area contributed by atoms with E-state index in [2.05, 4.69) is 58.9 Å². The Morgan fingerprint density at radius 2 is 1.25 bits per heavy atom. The number of fused-ring (bicyclic) bond motifs is 1. The fourth-order valence-electron chi connectivity index (χ4n) is 4.93. The van der Waals surface area contributed by atoms with Crippen molar-refractivity contribution in [1.82, 2.24) is 0 Å². The van der Waals surface area contributed by atoms with Crippen molar-refractivity contribution in [2.24, 2.45) is 0 Å². The molecule has 150 valence electrons. The SMILES string of the molecule is CCc1cc(CC)c([C@]2(O)C(=O)c3c(CC)cc(CC)cc3[C@H]2C)c(CC)c1. The van der Waals surface area contributed by atoms with Gasteiger partial charge in [-0.05, 0) is 71.0 Å². The Morgan fingerprint density at radius 1 is 0.786 bits per heavy atom. The van der Waals surface area contributed by atoms with Crippen LogP contribution in [0.15, 0.2) is 24.3 Å². The molecule has 0 aliphatic heterocycles. The highest BCUT2D eigenvalue weighted by molar-refractivity contribution is 6.09. The zero-order valence-electron chi connectivity index (χ0n) is 18.3. The van der Waals surface area contributed by atoms with Gasteiger partial charge in [0.1, 0.15) is 0 Å². The first-order valence-corrected chi connectivity index (χ1v) is 10.9. The predicted molar refractivity (Wildman–Crippen MR) is 116 cm³/mol. The van der Waals surface area contributed by atoms with Crippen LogP contribution in [0.3, 0.4) is 0 Å². The molecular weight excluding hydrogens is 344 g/mol. The molecule has 2 aromatic rings. The number of hydrogen-bond donors (Lipinski definition) is 1. The first-order chi connectivity index (χ1) is 13.4. The van der Waals surface area contributed by atoms with E-state index in [1.807, 2.05) is 6.92 Å². The quantitative estimate of drug-likeness (QED) is 0.701. The molecule has 2 heteroatoms. The molecule has 0 spiro atoms. The van der Waals surface area contributed by atoms with E-state index in [1.54, 1.807) is 0 Å². The predicted octanol–water partition coefficient (Wildman–Crippen LogP) is 5.69. The number of carbonyl (C=O) groups excluding carboxylic acids is 1. The zero-order chi connectivity index (χ0) is 20.6. The third kappa shape index (κ3) is 2.93. The van der Waals surface area contributed by atoms with E-state index < -0.39 is 5.60 Å². The molecule has 0 heterocycles. The summed E-state index contributed by atoms with van der Waals surface area (Å²) in [6, 6.07) is 8.67. The van der Waals surface area contributed by atoms with E-state index in [-0.39, 0.29) is 11.7 Å². The number of aryl methyl sites for hydroxylation is 5. The van der Waals surface area contributed by atoms with E-state index in [9.17, 15) is 9.90 Å². The van der Waals surface area contributed by atoms with Crippen molar-refractivity contribution in [3.05, 3.63) is 68.8 Å². The number of aliphatic hydroxyl groups is 1. The molecule has 2 atom stereocenters. The number of Topliss-reactive ketones (excluding diaryl/α,β-unsaturated/α-hetero) is 1. The van der Waals surface area contributed by atoms with E-state index in [0.717, 1.165) is 65.5 Å². The summed E-state index contributed by atoms with van der Waals surface area (Å²) in [5.41, 5.74) is 6.99. The lowest BCUT2D eigenvalue weighted by Gasteiger charge is -2.32. The van der Waals surface area contributed by atoms with Crippen LogP contribution < -0.4 is 0 Å². The average Bonchev–Trinajstić information content (AvgIpc) is 2.93. The summed E-state index contributed by atoms with van der Waals surface area (Å²) >= 11 is 0. The second-order valence-electron chi connectivity index (χ2n) is 8.09. The highest BCUT2D eigenvalue weighted by Crippen LogP contribution is 2.50. The molecule has 1 aliphatic rings. The molecule has 1 N–H and O–H groups in total. The van der Waals surface area contributed by atoms with Crippen LogP contribution in [0.1, 0.15) is 96.8 Å². The van der Waals surface area contributed by atoms with Crippen LogP contribution in [-0.4, -0.2) is 10.9 Å². The maximum atomic E-state index is 13.7. The summed E-state index contributed by atoms with van der Waals surface area (Å²) < 4.78 is 0. The van der Waals surface area contributed by atoms with Crippen molar-refractivity contribution >= 4 is 5.78 Å². The van der Waals surface area contributed by atoms with Gasteiger partial charge in [0.2, 0.25) is 0 Å². The van der Waals surface area contributed by atoms with Gasteiger partial charge in [-0.3, -0.25) is 4.79 Å². The fraction of sp³-hybridized carbons (Fsp3) is 0.500. The second-order valence-corrected chi connectivity index (χ2v) is 8.09. The molecule has 2 aromatic carbocycles. The molecule has 2 nitrogen and oxygen atoms in total. The second kappa shape index (κ2) is 7.83. The Kier molecular flexibility index (Phi) is 5.82. The van der Waals surface area contributed by atoms with Crippen molar-refractivity contribution in [3.8, 4) is 0 Å². The standard InChI is InChI=1S/C26H34O2/c1-7-17-13-20(10-4)24(21(11-5)14-17)26(28)16(6)22-15-18(8-2)12-19(9-3)23(22)25(26)27/h12-16,28H,7-11H2,1-6H3/t16-,26+/m1/s1. The Labute approximate surface area is 170 Å². The fourth-order valence-corrected chi connectivity index (χ4v) is 4.93. The molecule has 28 heavy (non-hydrogen) atoms. The molecule has 1 aliphatic carbocycles. The Balaban J connectivity index is 2.30. The molecule has 0 saturated carbocycles. The van der Waals surface area contributed by atoms with E-state index in [1.165, 1.54) is 11.1 Å². The number of rotatable bonds is 6. The smallest absolute Gasteiger partial charge is 0.200 e. The summed E-state index contributed by atoms with van der Waals surface area (Å²) in [7, 11) is 0. The van der Waals surface area contributed by atoms with Crippen LogP contribution in [0.4, 0.5) is 0 Å². The topological polar surface area (TPSA) is 37.3 Å². The summed E-state index contributed by atoms with van der Waals surface area (Å²) in [4.78, 5) is 13.7. The lowest BCUT2D eigenvalue weighted by atomic mass is 9.76. The van der Waals surface area contributed by atoms with Crippen LogP contribution in [-0.2, 0) is 37.7 Å². The highest BCUT2D eigenvalue weighted by Gasteiger charge is 2.53. The lowest BCUT2D eigenvalue weighted by molar-refractivity contribution is 0.0228. The number of hydrogen-bond acceptors (Lipinski definition) is 2. The van der Waals surface area contributed by atoms with Gasteiger partial charge in [0.15, 0.2) is 11.4 Å². The van der Waals surface area contributed by atoms with Crippen molar-refractivity contribution in [3.63, 3.8) is 0 Å². The summed E-state index contributed by atoms with van der Waals surface area (Å²) in [6.45, 7) is 12.6. The van der Waals surface area contributed by atoms with Gasteiger partial charge in [-0.15, -0.1) is 0 Å². The van der Waals surface area contributed by atoms with Crippen molar-refractivity contribution in [2.45, 2.75) is 85.2 Å². The number of ketones is 1. The number of carbonyl (C=O) groups is 1. The molecule has 0 aromatic heterocycles. The highest BCUT2D eigenvalue weighted by atomic mass is 16.3. The number of benzene rings is 2. The third-order valence-electron chi connectivity index (χ3n) is 6.68. The molecule has 0 saturated heterocycles. The van der Waals surface area contributed by atoms with Gasteiger partial charge in [-0.1, -0.05) is 65.8 Å². The van der Waals surface area contributed by atoms with Gasteiger partial charge in [0.25, 0.3) is 0 Å². The summed E-state index contributed by atoms with van der Waals surface area (Å²) in [5, 5.41) is 12.0. The monoisotopic (exact) mass is 378 g/mol. The molecule has 0 fully saturated rings. The minimum absolute atomic E-state index is 0.108. The van der Waals surface area contributed by atoms with Crippen LogP contribution in [0.25, 0.3) is 0 Å². The van der Waals surface area contributed by atoms with E-state index in [0.29, 0.717) is 0 Å². The molecule has 0 amide bonds. The van der Waals surface area contributed by atoms with Crippen molar-refractivity contribution in [2.75, 3.05) is 0 Å². The van der Waals surface area contributed by atoms with Gasteiger partial charge in [-0.25, -0.2) is 0 Å². The van der Waals surface area contributed by atoms with Gasteiger partial charge in [-0.2, -0.15) is 0 Å². The first kappa shape index (κ1) is 20.8. The maximum Gasteiger partial charge on any atom is 0.200 e. The maximum absolute atomic E-state index is 13.7. The van der Waals surface area contributed by atoms with Crippen molar-refractivity contribution in [1.29, 1.82) is 0 Å². The Bertz CT molecular complexity index is 884. The first-order valence-electron chi connectivity index (χ1n) is 10.9. The molecule has 0 bridgehead atoms. The van der Waals surface area contributed by atoms with Gasteiger partial charge in [0.05, 0.1) is 0 Å². The van der Waals surface area contributed by atoms with E-state index in [4.69, 9.17) is 0 Å². The van der Waals surface area contributed by atoms with Crippen LogP contribution in [0, 0.1) is 0 Å². The van der Waals surface area contributed by atoms with Gasteiger partial charge >= 0.3 is 0 Å².